The Morgan fingerprint density at radius 2 is 2.31 bits per heavy atom. The van der Waals surface area contributed by atoms with E-state index in [2.05, 4.69) is 5.10 Å². The lowest BCUT2D eigenvalue weighted by Gasteiger charge is -2.03. The highest BCUT2D eigenvalue weighted by Crippen LogP contribution is 2.17. The van der Waals surface area contributed by atoms with Gasteiger partial charge in [-0.05, 0) is 24.6 Å². The van der Waals surface area contributed by atoms with E-state index in [4.69, 9.17) is 21.8 Å². The molecule has 5 nitrogen and oxygen atoms in total. The summed E-state index contributed by atoms with van der Waals surface area (Å²) < 4.78 is 6.00. The number of nitrogens with zero attached hydrogens (tertiary/aromatic N) is 2. The Bertz CT molecular complexity index is 574. The van der Waals surface area contributed by atoms with Gasteiger partial charge in [0.2, 0.25) is 5.89 Å². The van der Waals surface area contributed by atoms with Crippen LogP contribution in [0.25, 0.3) is 5.69 Å². The zero-order chi connectivity index (χ0) is 11.7. The van der Waals surface area contributed by atoms with E-state index in [-0.39, 0.29) is 12.4 Å². The maximum atomic E-state index is 11.5. The van der Waals surface area contributed by atoms with Crippen LogP contribution in [0.1, 0.15) is 11.5 Å². The molecule has 0 saturated heterocycles. The molecule has 0 aliphatic rings. The van der Waals surface area contributed by atoms with E-state index >= 15 is 0 Å². The predicted molar refractivity (Wildman–Crippen MR) is 59.7 cm³/mol. The predicted octanol–water partition coefficient (Wildman–Crippen LogP) is 1.25. The van der Waals surface area contributed by atoms with Gasteiger partial charge >= 0.3 is 5.76 Å². The fraction of sp³-hybridized carbons (Fsp3) is 0.200. The minimum atomic E-state index is -0.564. The van der Waals surface area contributed by atoms with Crippen LogP contribution in [-0.4, -0.2) is 9.78 Å². The number of halogens is 1. The Labute approximate surface area is 96.4 Å². The molecular formula is C10H10ClN3O2. The van der Waals surface area contributed by atoms with E-state index in [1.807, 2.05) is 6.92 Å². The average molecular weight is 240 g/mol. The Balaban J connectivity index is 2.62. The number of hydrogen-bond donors (Lipinski definition) is 1. The van der Waals surface area contributed by atoms with E-state index in [1.165, 1.54) is 0 Å². The van der Waals surface area contributed by atoms with Crippen LogP contribution < -0.4 is 11.5 Å². The van der Waals surface area contributed by atoms with Crippen LogP contribution in [0.4, 0.5) is 0 Å². The summed E-state index contributed by atoms with van der Waals surface area (Å²) in [7, 11) is 0. The standard InChI is InChI=1S/C10H10ClN3O2/c1-6-2-3-7(11)4-8(6)14-10(15)16-9(5-12)13-14/h2-4H,5,12H2,1H3. The van der Waals surface area contributed by atoms with Crippen molar-refractivity contribution in [3.8, 4) is 5.69 Å². The van der Waals surface area contributed by atoms with Crippen molar-refractivity contribution < 1.29 is 4.42 Å². The van der Waals surface area contributed by atoms with Gasteiger partial charge in [0, 0.05) is 5.02 Å². The molecule has 0 unspecified atom stereocenters. The van der Waals surface area contributed by atoms with Gasteiger partial charge in [-0.1, -0.05) is 17.7 Å². The maximum Gasteiger partial charge on any atom is 0.442 e. The molecule has 1 heterocycles. The summed E-state index contributed by atoms with van der Waals surface area (Å²) in [4.78, 5) is 11.5. The summed E-state index contributed by atoms with van der Waals surface area (Å²) in [5.41, 5.74) is 6.82. The van der Waals surface area contributed by atoms with Gasteiger partial charge in [-0.3, -0.25) is 0 Å². The highest BCUT2D eigenvalue weighted by molar-refractivity contribution is 6.30. The number of aromatic nitrogens is 2. The first-order valence-corrected chi connectivity index (χ1v) is 5.05. The van der Waals surface area contributed by atoms with Gasteiger partial charge in [-0.2, -0.15) is 4.68 Å². The molecule has 0 bridgehead atoms. The van der Waals surface area contributed by atoms with E-state index in [9.17, 15) is 4.79 Å². The third-order valence-electron chi connectivity index (χ3n) is 2.16. The number of rotatable bonds is 2. The fourth-order valence-electron chi connectivity index (χ4n) is 1.36. The molecule has 0 saturated carbocycles. The molecule has 2 N–H and O–H groups in total. The van der Waals surface area contributed by atoms with Crippen molar-refractivity contribution in [2.45, 2.75) is 13.5 Å². The minimum Gasteiger partial charge on any atom is -0.391 e. The molecule has 2 aromatic rings. The summed E-state index contributed by atoms with van der Waals surface area (Å²) in [6.45, 7) is 1.94. The molecule has 0 amide bonds. The van der Waals surface area contributed by atoms with Crippen LogP contribution in [0.3, 0.4) is 0 Å². The third kappa shape index (κ3) is 1.87. The second kappa shape index (κ2) is 4.11. The van der Waals surface area contributed by atoms with Crippen molar-refractivity contribution in [1.82, 2.24) is 9.78 Å². The van der Waals surface area contributed by atoms with E-state index < -0.39 is 5.76 Å². The molecule has 16 heavy (non-hydrogen) atoms. The smallest absolute Gasteiger partial charge is 0.391 e. The van der Waals surface area contributed by atoms with E-state index in [0.29, 0.717) is 10.7 Å². The molecule has 2 rings (SSSR count). The summed E-state index contributed by atoms with van der Waals surface area (Å²) in [5, 5.41) is 4.49. The lowest BCUT2D eigenvalue weighted by Crippen LogP contribution is -2.14. The van der Waals surface area contributed by atoms with Gasteiger partial charge in [-0.15, -0.1) is 5.10 Å². The number of nitrogens with two attached hydrogens (primary N) is 1. The Hall–Kier alpha value is -1.59. The van der Waals surface area contributed by atoms with Gasteiger partial charge in [0.15, 0.2) is 0 Å². The van der Waals surface area contributed by atoms with E-state index in [1.54, 1.807) is 18.2 Å². The first-order chi connectivity index (χ1) is 7.61. The van der Waals surface area contributed by atoms with Gasteiger partial charge in [0.05, 0.1) is 12.2 Å². The highest BCUT2D eigenvalue weighted by atomic mass is 35.5. The Morgan fingerprint density at radius 3 is 2.94 bits per heavy atom. The van der Waals surface area contributed by atoms with Crippen molar-refractivity contribution in [2.75, 3.05) is 0 Å². The number of hydrogen-bond acceptors (Lipinski definition) is 4. The molecule has 6 heteroatoms. The summed E-state index contributed by atoms with van der Waals surface area (Å²) in [6, 6.07) is 5.21. The summed E-state index contributed by atoms with van der Waals surface area (Å²) in [5.74, 6) is -0.366. The van der Waals surface area contributed by atoms with Crippen molar-refractivity contribution in [2.24, 2.45) is 5.73 Å². The SMILES string of the molecule is Cc1ccc(Cl)cc1-n1nc(CN)oc1=O. The normalized spacial score (nSPS) is 10.7. The maximum absolute atomic E-state index is 11.5. The summed E-state index contributed by atoms with van der Waals surface area (Å²) in [6.07, 6.45) is 0. The summed E-state index contributed by atoms with van der Waals surface area (Å²) >= 11 is 5.86. The van der Waals surface area contributed by atoms with Crippen molar-refractivity contribution >= 4 is 11.6 Å². The Morgan fingerprint density at radius 1 is 1.56 bits per heavy atom. The van der Waals surface area contributed by atoms with Crippen LogP contribution in [0.2, 0.25) is 5.02 Å². The zero-order valence-electron chi connectivity index (χ0n) is 8.61. The van der Waals surface area contributed by atoms with Gasteiger partial charge < -0.3 is 10.2 Å². The number of aryl methyl sites for hydroxylation is 1. The van der Waals surface area contributed by atoms with Gasteiger partial charge in [-0.25, -0.2) is 4.79 Å². The molecule has 1 aromatic carbocycles. The molecular weight excluding hydrogens is 230 g/mol. The van der Waals surface area contributed by atoms with Gasteiger partial charge in [0.25, 0.3) is 0 Å². The first kappa shape index (κ1) is 10.9. The first-order valence-electron chi connectivity index (χ1n) is 4.67. The zero-order valence-corrected chi connectivity index (χ0v) is 9.36. The van der Waals surface area contributed by atoms with Crippen LogP contribution in [0, 0.1) is 6.92 Å². The molecule has 0 fully saturated rings. The van der Waals surface area contributed by atoms with E-state index in [0.717, 1.165) is 10.2 Å². The molecule has 1 aromatic heterocycles. The second-order valence-electron chi connectivity index (χ2n) is 3.31. The van der Waals surface area contributed by atoms with Crippen LogP contribution >= 0.6 is 11.6 Å². The third-order valence-corrected chi connectivity index (χ3v) is 2.40. The average Bonchev–Trinajstić information content (AvgIpc) is 2.63. The monoisotopic (exact) mass is 239 g/mol. The van der Waals surface area contributed by atoms with Crippen molar-refractivity contribution in [3.05, 3.63) is 45.2 Å². The fourth-order valence-corrected chi connectivity index (χ4v) is 1.53. The largest absolute Gasteiger partial charge is 0.442 e. The van der Waals surface area contributed by atoms with Crippen molar-refractivity contribution in [3.63, 3.8) is 0 Å². The van der Waals surface area contributed by atoms with Gasteiger partial charge in [0.1, 0.15) is 0 Å². The highest BCUT2D eigenvalue weighted by Gasteiger charge is 2.10. The van der Waals surface area contributed by atoms with Crippen LogP contribution in [0.5, 0.6) is 0 Å². The number of benzene rings is 1. The molecule has 0 spiro atoms. The molecule has 0 aliphatic heterocycles. The lowest BCUT2D eigenvalue weighted by molar-refractivity contribution is 0.460. The minimum absolute atomic E-state index is 0.0852. The lowest BCUT2D eigenvalue weighted by atomic mass is 10.2. The topological polar surface area (TPSA) is 74.1 Å². The molecule has 0 radical (unpaired) electrons. The van der Waals surface area contributed by atoms with Crippen molar-refractivity contribution in [1.29, 1.82) is 0 Å². The Kier molecular flexibility index (Phi) is 2.80. The van der Waals surface area contributed by atoms with Crippen LogP contribution in [0.15, 0.2) is 27.4 Å². The molecule has 84 valence electrons. The second-order valence-corrected chi connectivity index (χ2v) is 3.74. The quantitative estimate of drug-likeness (QED) is 0.856. The molecule has 0 atom stereocenters. The molecule has 0 aliphatic carbocycles. The van der Waals surface area contributed by atoms with Crippen LogP contribution in [-0.2, 0) is 6.54 Å².